The van der Waals surface area contributed by atoms with E-state index in [0.717, 1.165) is 23.0 Å². The van der Waals surface area contributed by atoms with Crippen molar-refractivity contribution in [3.05, 3.63) is 28.2 Å². The van der Waals surface area contributed by atoms with Gasteiger partial charge in [-0.1, -0.05) is 0 Å². The number of piperidine rings is 1. The normalized spacial score (nSPS) is 29.6. The highest BCUT2D eigenvalue weighted by Gasteiger charge is 2.39. The van der Waals surface area contributed by atoms with Gasteiger partial charge in [-0.3, -0.25) is 4.79 Å². The molecule has 4 N–H and O–H groups in total. The molecule has 4 nitrogen and oxygen atoms in total. The Labute approximate surface area is 121 Å². The molecule has 1 aromatic rings. The van der Waals surface area contributed by atoms with E-state index in [1.54, 1.807) is 6.07 Å². The molecule has 2 aliphatic heterocycles. The molecule has 0 saturated carbocycles. The van der Waals surface area contributed by atoms with Gasteiger partial charge in [0.25, 0.3) is 0 Å². The number of rotatable bonds is 2. The second-order valence-electron chi connectivity index (χ2n) is 5.55. The number of hydrogen-bond donors (Lipinski definition) is 2. The van der Waals surface area contributed by atoms with Crippen LogP contribution in [0.5, 0.6) is 0 Å². The molecule has 2 heterocycles. The van der Waals surface area contributed by atoms with Crippen LogP contribution in [0.2, 0.25) is 0 Å². The van der Waals surface area contributed by atoms with Crippen molar-refractivity contribution < 1.29 is 4.79 Å². The molecule has 1 aromatic carbocycles. The summed E-state index contributed by atoms with van der Waals surface area (Å²) >= 11 is 3.43. The second-order valence-corrected chi connectivity index (χ2v) is 6.41. The summed E-state index contributed by atoms with van der Waals surface area (Å²) in [5, 5.41) is 0. The van der Waals surface area contributed by atoms with E-state index in [1.807, 2.05) is 12.1 Å². The van der Waals surface area contributed by atoms with Crippen LogP contribution < -0.4 is 16.4 Å². The minimum atomic E-state index is -0.401. The lowest BCUT2D eigenvalue weighted by Crippen LogP contribution is -2.47. The Hall–Kier alpha value is -1.07. The molecule has 2 unspecified atom stereocenters. The fourth-order valence-electron chi connectivity index (χ4n) is 3.51. The number of anilines is 1. The first-order valence-electron chi connectivity index (χ1n) is 6.69. The Balaban J connectivity index is 1.91. The number of benzene rings is 1. The molecular weight excluding hydrogens is 306 g/mol. The third-order valence-corrected chi connectivity index (χ3v) is 4.94. The van der Waals surface area contributed by atoms with Crippen LogP contribution in [0.4, 0.5) is 5.69 Å². The minimum Gasteiger partial charge on any atom is -0.366 e. The first kappa shape index (κ1) is 12.9. The number of nitrogens with two attached hydrogens (primary N) is 2. The number of primary amides is 1. The van der Waals surface area contributed by atoms with Gasteiger partial charge in [-0.2, -0.15) is 0 Å². The summed E-state index contributed by atoms with van der Waals surface area (Å²) in [7, 11) is 0. The molecule has 102 valence electrons. The van der Waals surface area contributed by atoms with Crippen molar-refractivity contribution in [3.63, 3.8) is 0 Å². The maximum Gasteiger partial charge on any atom is 0.249 e. The van der Waals surface area contributed by atoms with Gasteiger partial charge < -0.3 is 16.4 Å². The van der Waals surface area contributed by atoms with Crippen LogP contribution >= 0.6 is 15.9 Å². The molecule has 2 aliphatic rings. The van der Waals surface area contributed by atoms with Gasteiger partial charge in [0.1, 0.15) is 0 Å². The quantitative estimate of drug-likeness (QED) is 0.874. The minimum absolute atomic E-state index is 0.335. The Kier molecular flexibility index (Phi) is 3.27. The molecule has 0 radical (unpaired) electrons. The molecule has 1 amide bonds. The monoisotopic (exact) mass is 323 g/mol. The Morgan fingerprint density at radius 2 is 1.89 bits per heavy atom. The number of carbonyl (C=O) groups excluding carboxylic acids is 1. The lowest BCUT2D eigenvalue weighted by molar-refractivity contribution is 0.0999. The van der Waals surface area contributed by atoms with Crippen molar-refractivity contribution in [1.82, 2.24) is 0 Å². The molecule has 2 saturated heterocycles. The van der Waals surface area contributed by atoms with E-state index in [4.69, 9.17) is 11.5 Å². The highest BCUT2D eigenvalue weighted by atomic mass is 79.9. The summed E-state index contributed by atoms with van der Waals surface area (Å²) in [5.74, 6) is -0.401. The molecule has 0 aliphatic carbocycles. The van der Waals surface area contributed by atoms with Crippen molar-refractivity contribution in [3.8, 4) is 0 Å². The van der Waals surface area contributed by atoms with E-state index in [1.165, 1.54) is 12.8 Å². The average molecular weight is 324 g/mol. The van der Waals surface area contributed by atoms with Crippen molar-refractivity contribution in [1.29, 1.82) is 0 Å². The van der Waals surface area contributed by atoms with E-state index < -0.39 is 5.91 Å². The van der Waals surface area contributed by atoms with Crippen molar-refractivity contribution in [2.75, 3.05) is 4.90 Å². The number of halogens is 1. The lowest BCUT2D eigenvalue weighted by atomic mass is 9.97. The smallest absolute Gasteiger partial charge is 0.249 e. The Morgan fingerprint density at radius 3 is 2.42 bits per heavy atom. The number of carbonyl (C=O) groups is 1. The van der Waals surface area contributed by atoms with Crippen molar-refractivity contribution >= 4 is 27.5 Å². The van der Waals surface area contributed by atoms with Crippen molar-refractivity contribution in [2.24, 2.45) is 11.5 Å². The Morgan fingerprint density at radius 1 is 1.26 bits per heavy atom. The van der Waals surface area contributed by atoms with Gasteiger partial charge in [0.15, 0.2) is 0 Å². The largest absolute Gasteiger partial charge is 0.366 e. The SMILES string of the molecule is NC(=O)c1ccc(N2C3CCC2CC(N)C3)cc1Br. The third kappa shape index (κ3) is 2.25. The summed E-state index contributed by atoms with van der Waals surface area (Å²) in [6.07, 6.45) is 4.55. The van der Waals surface area contributed by atoms with Crippen LogP contribution in [0.1, 0.15) is 36.0 Å². The highest BCUT2D eigenvalue weighted by molar-refractivity contribution is 9.10. The summed E-state index contributed by atoms with van der Waals surface area (Å²) in [6, 6.07) is 7.22. The molecule has 0 spiro atoms. The predicted molar refractivity (Wildman–Crippen MR) is 79.2 cm³/mol. The molecule has 3 rings (SSSR count). The summed E-state index contributed by atoms with van der Waals surface area (Å²) in [5.41, 5.74) is 13.1. The number of hydrogen-bond acceptors (Lipinski definition) is 3. The zero-order chi connectivity index (χ0) is 13.6. The van der Waals surface area contributed by atoms with E-state index in [-0.39, 0.29) is 0 Å². The van der Waals surface area contributed by atoms with Crippen LogP contribution in [0.3, 0.4) is 0 Å². The van der Waals surface area contributed by atoms with E-state index in [9.17, 15) is 4.79 Å². The summed E-state index contributed by atoms with van der Waals surface area (Å²) in [6.45, 7) is 0. The summed E-state index contributed by atoms with van der Waals surface area (Å²) < 4.78 is 0.770. The van der Waals surface area contributed by atoms with Crippen LogP contribution in [0.25, 0.3) is 0 Å². The lowest BCUT2D eigenvalue weighted by Gasteiger charge is -2.39. The van der Waals surface area contributed by atoms with E-state index in [2.05, 4.69) is 20.8 Å². The van der Waals surface area contributed by atoms with Gasteiger partial charge in [0.05, 0.1) is 5.56 Å². The van der Waals surface area contributed by atoms with Crippen LogP contribution in [0, 0.1) is 0 Å². The van der Waals surface area contributed by atoms with Gasteiger partial charge in [-0.15, -0.1) is 0 Å². The van der Waals surface area contributed by atoms with Crippen LogP contribution in [-0.4, -0.2) is 24.0 Å². The molecule has 19 heavy (non-hydrogen) atoms. The second kappa shape index (κ2) is 4.80. The topological polar surface area (TPSA) is 72.4 Å². The number of amides is 1. The maximum atomic E-state index is 11.3. The molecule has 2 atom stereocenters. The first-order valence-corrected chi connectivity index (χ1v) is 7.49. The number of nitrogens with zero attached hydrogens (tertiary/aromatic N) is 1. The fraction of sp³-hybridized carbons (Fsp3) is 0.500. The number of fused-ring (bicyclic) bond motifs is 2. The zero-order valence-electron chi connectivity index (χ0n) is 10.7. The van der Waals surface area contributed by atoms with Gasteiger partial charge in [-0.05, 0) is 59.8 Å². The standard InChI is InChI=1S/C14H18BrN3O/c15-13-7-11(3-4-12(13)14(17)19)18-9-1-2-10(18)6-8(16)5-9/h3-4,7-10H,1-2,5-6,16H2,(H2,17,19). The molecule has 5 heteroatoms. The summed E-state index contributed by atoms with van der Waals surface area (Å²) in [4.78, 5) is 13.7. The zero-order valence-corrected chi connectivity index (χ0v) is 12.3. The van der Waals surface area contributed by atoms with Gasteiger partial charge in [0, 0.05) is 28.3 Å². The average Bonchev–Trinajstić information content (AvgIpc) is 2.61. The Bertz CT molecular complexity index is 505. The molecule has 0 aromatic heterocycles. The van der Waals surface area contributed by atoms with Gasteiger partial charge in [0.2, 0.25) is 5.91 Å². The van der Waals surface area contributed by atoms with Crippen LogP contribution in [0.15, 0.2) is 22.7 Å². The third-order valence-electron chi connectivity index (χ3n) is 4.29. The highest BCUT2D eigenvalue weighted by Crippen LogP contribution is 2.39. The van der Waals surface area contributed by atoms with Gasteiger partial charge in [-0.25, -0.2) is 0 Å². The molecule has 2 bridgehead atoms. The van der Waals surface area contributed by atoms with Crippen LogP contribution in [-0.2, 0) is 0 Å². The van der Waals surface area contributed by atoms with Crippen molar-refractivity contribution in [2.45, 2.75) is 43.8 Å². The maximum absolute atomic E-state index is 11.3. The first-order chi connectivity index (χ1) is 9.06. The molecular formula is C14H18BrN3O. The van der Waals surface area contributed by atoms with E-state index in [0.29, 0.717) is 23.7 Å². The molecule has 2 fully saturated rings. The fourth-order valence-corrected chi connectivity index (χ4v) is 4.07. The van der Waals surface area contributed by atoms with E-state index >= 15 is 0 Å². The van der Waals surface area contributed by atoms with Gasteiger partial charge >= 0.3 is 0 Å². The predicted octanol–water partition coefficient (Wildman–Crippen LogP) is 2.01.